The smallest absolute Gasteiger partial charge is 0.336 e. The molecule has 1 aliphatic carbocycles. The molecule has 0 radical (unpaired) electrons. The summed E-state index contributed by atoms with van der Waals surface area (Å²) < 4.78 is 5.78. The summed E-state index contributed by atoms with van der Waals surface area (Å²) >= 11 is 6.61. The molecule has 10 heteroatoms. The van der Waals surface area contributed by atoms with E-state index in [1.165, 1.54) is 11.8 Å². The number of aromatic carboxylic acids is 1. The largest absolute Gasteiger partial charge is 0.478 e. The van der Waals surface area contributed by atoms with E-state index in [4.69, 9.17) is 21.3 Å². The predicted molar refractivity (Wildman–Crippen MR) is 140 cm³/mol. The maximum absolute atomic E-state index is 11.4. The Morgan fingerprint density at radius 2 is 2.00 bits per heavy atom. The average molecular weight is 522 g/mol. The molecule has 1 saturated heterocycles. The Labute approximate surface area is 219 Å². The second-order valence-corrected chi connectivity index (χ2v) is 9.85. The first-order valence-corrected chi connectivity index (χ1v) is 12.6. The van der Waals surface area contributed by atoms with Crippen LogP contribution < -0.4 is 10.1 Å². The van der Waals surface area contributed by atoms with Gasteiger partial charge in [0.05, 0.1) is 21.8 Å². The zero-order valence-electron chi connectivity index (χ0n) is 20.6. The summed E-state index contributed by atoms with van der Waals surface area (Å²) in [6.07, 6.45) is 9.08. The molecule has 3 aromatic rings. The summed E-state index contributed by atoms with van der Waals surface area (Å²) in [4.78, 5) is 37.3. The molecule has 0 spiro atoms. The second kappa shape index (κ2) is 10.3. The van der Waals surface area contributed by atoms with Crippen LogP contribution in [-0.2, 0) is 4.79 Å². The number of nitrogens with one attached hydrogen (secondary N) is 2. The molecule has 1 fully saturated rings. The summed E-state index contributed by atoms with van der Waals surface area (Å²) in [7, 11) is 0. The number of aryl methyl sites for hydroxylation is 1. The van der Waals surface area contributed by atoms with Gasteiger partial charge in [0.1, 0.15) is 5.75 Å². The van der Waals surface area contributed by atoms with Crippen molar-refractivity contribution in [3.05, 3.63) is 70.0 Å². The topological polar surface area (TPSA) is 120 Å². The highest BCUT2D eigenvalue weighted by molar-refractivity contribution is 6.31. The van der Waals surface area contributed by atoms with Gasteiger partial charge in [0.15, 0.2) is 5.65 Å². The maximum atomic E-state index is 11.4. The third-order valence-electron chi connectivity index (χ3n) is 6.78. The summed E-state index contributed by atoms with van der Waals surface area (Å²) in [5.41, 5.74) is 3.85. The van der Waals surface area contributed by atoms with Crippen LogP contribution in [0.1, 0.15) is 53.7 Å². The number of hydrogen-bond acceptors (Lipinski definition) is 6. The number of carboxylic acid groups (broad SMARTS) is 1. The standard InChI is InChI=1S/C27H28ClN5O4/c1-15-3-8-20(13-21(15)26(35)36)37-27-30-23-14-22(28)24(31-25(23)32-27)17-4-6-19(7-5-17)33-11-9-18(10-12-33)29-16(2)34/h3-4,6-8,13-14,17-18H,5,9-12H2,1-2H3,(H,29,34)(H,35,36)(H,30,31,32). The number of pyridine rings is 1. The number of nitrogens with zero attached hydrogens (tertiary/aromatic N) is 3. The second-order valence-electron chi connectivity index (χ2n) is 9.44. The third kappa shape index (κ3) is 5.46. The van der Waals surface area contributed by atoms with Crippen molar-refractivity contribution in [3.63, 3.8) is 0 Å². The van der Waals surface area contributed by atoms with E-state index in [-0.39, 0.29) is 29.4 Å². The van der Waals surface area contributed by atoms with Crippen LogP contribution in [0, 0.1) is 6.92 Å². The highest BCUT2D eigenvalue weighted by Crippen LogP contribution is 2.34. The number of benzene rings is 1. The minimum Gasteiger partial charge on any atom is -0.478 e. The number of imidazole rings is 1. The molecule has 1 amide bonds. The number of amides is 1. The monoisotopic (exact) mass is 521 g/mol. The molecule has 1 aliphatic heterocycles. The molecule has 0 bridgehead atoms. The van der Waals surface area contributed by atoms with Gasteiger partial charge in [-0.2, -0.15) is 4.98 Å². The average Bonchev–Trinajstić information content (AvgIpc) is 3.25. The highest BCUT2D eigenvalue weighted by atomic mass is 35.5. The van der Waals surface area contributed by atoms with E-state index >= 15 is 0 Å². The number of likely N-dealkylation sites (tertiary alicyclic amines) is 1. The number of carboxylic acids is 1. The van der Waals surface area contributed by atoms with Gasteiger partial charge < -0.3 is 25.0 Å². The number of carbonyl (C=O) groups excluding carboxylic acids is 1. The number of allylic oxidation sites excluding steroid dienone is 3. The van der Waals surface area contributed by atoms with Crippen LogP contribution in [0.25, 0.3) is 11.2 Å². The molecule has 2 aliphatic rings. The van der Waals surface area contributed by atoms with Crippen molar-refractivity contribution >= 4 is 34.6 Å². The first-order chi connectivity index (χ1) is 17.8. The first kappa shape index (κ1) is 24.8. The van der Waals surface area contributed by atoms with Crippen molar-refractivity contribution in [1.29, 1.82) is 0 Å². The number of rotatable bonds is 6. The van der Waals surface area contributed by atoms with Crippen molar-refractivity contribution in [2.45, 2.75) is 45.1 Å². The highest BCUT2D eigenvalue weighted by Gasteiger charge is 2.24. The van der Waals surface area contributed by atoms with E-state index in [9.17, 15) is 14.7 Å². The fourth-order valence-corrected chi connectivity index (χ4v) is 5.13. The molecule has 1 atom stereocenters. The molecule has 3 N–H and O–H groups in total. The fraction of sp³-hybridized carbons (Fsp3) is 0.333. The normalized spacial score (nSPS) is 18.1. The van der Waals surface area contributed by atoms with Gasteiger partial charge in [-0.05, 0) is 56.0 Å². The summed E-state index contributed by atoms with van der Waals surface area (Å²) in [5.74, 6) is -0.605. The number of aromatic nitrogens is 3. The van der Waals surface area contributed by atoms with Gasteiger partial charge in [-0.15, -0.1) is 0 Å². The number of carbonyl (C=O) groups is 2. The Bertz CT molecular complexity index is 1420. The number of halogens is 1. The minimum atomic E-state index is -1.02. The van der Waals surface area contributed by atoms with E-state index in [0.29, 0.717) is 27.5 Å². The molecule has 37 heavy (non-hydrogen) atoms. The maximum Gasteiger partial charge on any atom is 0.336 e. The molecule has 0 saturated carbocycles. The lowest BCUT2D eigenvalue weighted by Gasteiger charge is -2.35. The van der Waals surface area contributed by atoms with Crippen molar-refractivity contribution < 1.29 is 19.4 Å². The number of ether oxygens (including phenoxy) is 1. The van der Waals surface area contributed by atoms with Crippen LogP contribution in [0.2, 0.25) is 5.02 Å². The first-order valence-electron chi connectivity index (χ1n) is 12.2. The predicted octanol–water partition coefficient (Wildman–Crippen LogP) is 4.94. The zero-order valence-corrected chi connectivity index (χ0v) is 21.4. The van der Waals surface area contributed by atoms with Gasteiger partial charge in [-0.3, -0.25) is 4.79 Å². The van der Waals surface area contributed by atoms with Gasteiger partial charge in [0, 0.05) is 37.7 Å². The number of hydrogen-bond donors (Lipinski definition) is 3. The number of H-pyrrole nitrogens is 1. The fourth-order valence-electron chi connectivity index (χ4n) is 4.84. The Morgan fingerprint density at radius 3 is 2.68 bits per heavy atom. The lowest BCUT2D eigenvalue weighted by molar-refractivity contribution is -0.119. The summed E-state index contributed by atoms with van der Waals surface area (Å²) in [6, 6.07) is 7.10. The summed E-state index contributed by atoms with van der Waals surface area (Å²) in [6.45, 7) is 5.10. The Kier molecular flexibility index (Phi) is 6.88. The molecule has 2 aromatic heterocycles. The van der Waals surface area contributed by atoms with E-state index < -0.39 is 5.97 Å². The van der Waals surface area contributed by atoms with E-state index in [1.54, 1.807) is 32.0 Å². The quantitative estimate of drug-likeness (QED) is 0.420. The molecule has 1 unspecified atom stereocenters. The molecule has 192 valence electrons. The Hall–Kier alpha value is -3.85. The number of piperidine rings is 1. The van der Waals surface area contributed by atoms with Crippen LogP contribution in [0.5, 0.6) is 11.8 Å². The number of aromatic amines is 1. The lowest BCUT2D eigenvalue weighted by Crippen LogP contribution is -2.43. The molecule has 9 nitrogen and oxygen atoms in total. The van der Waals surface area contributed by atoms with Crippen LogP contribution in [0.15, 0.2) is 48.2 Å². The van der Waals surface area contributed by atoms with Crippen molar-refractivity contribution in [1.82, 2.24) is 25.2 Å². The summed E-state index contributed by atoms with van der Waals surface area (Å²) in [5, 5.41) is 12.9. The third-order valence-corrected chi connectivity index (χ3v) is 7.09. The molecule has 5 rings (SSSR count). The van der Waals surface area contributed by atoms with Crippen molar-refractivity contribution in [2.24, 2.45) is 0 Å². The number of fused-ring (bicyclic) bond motifs is 1. The van der Waals surface area contributed by atoms with E-state index in [2.05, 4.69) is 38.4 Å². The van der Waals surface area contributed by atoms with Crippen molar-refractivity contribution in [2.75, 3.05) is 13.1 Å². The minimum absolute atomic E-state index is 0.0221. The van der Waals surface area contributed by atoms with Gasteiger partial charge in [-0.1, -0.05) is 29.8 Å². The molecule has 1 aromatic carbocycles. The molecular weight excluding hydrogens is 494 g/mol. The Balaban J connectivity index is 1.28. The molecule has 3 heterocycles. The van der Waals surface area contributed by atoms with Crippen LogP contribution in [0.4, 0.5) is 0 Å². The van der Waals surface area contributed by atoms with Gasteiger partial charge >= 0.3 is 12.0 Å². The zero-order chi connectivity index (χ0) is 26.1. The Morgan fingerprint density at radius 1 is 1.22 bits per heavy atom. The van der Waals surface area contributed by atoms with Gasteiger partial charge in [-0.25, -0.2) is 9.78 Å². The van der Waals surface area contributed by atoms with Crippen LogP contribution >= 0.6 is 11.6 Å². The van der Waals surface area contributed by atoms with Crippen LogP contribution in [-0.4, -0.2) is 56.0 Å². The van der Waals surface area contributed by atoms with Gasteiger partial charge in [0.2, 0.25) is 5.91 Å². The van der Waals surface area contributed by atoms with Crippen LogP contribution in [0.3, 0.4) is 0 Å². The van der Waals surface area contributed by atoms with E-state index in [0.717, 1.165) is 38.0 Å². The SMILES string of the molecule is CC(=O)NC1CCN(C2=CCC(c3nc4nc(Oc5ccc(C)c(C(=O)O)c5)[nH]c4cc3Cl)C=C2)CC1. The van der Waals surface area contributed by atoms with Gasteiger partial charge in [0.25, 0.3) is 0 Å². The molecular formula is C27H28ClN5O4. The lowest BCUT2D eigenvalue weighted by atomic mass is 9.94. The van der Waals surface area contributed by atoms with E-state index in [1.807, 2.05) is 0 Å². The van der Waals surface area contributed by atoms with Crippen molar-refractivity contribution in [3.8, 4) is 11.8 Å².